The van der Waals surface area contributed by atoms with Crippen molar-refractivity contribution >= 4 is 28.8 Å². The minimum absolute atomic E-state index is 0.0913. The second-order valence-electron chi connectivity index (χ2n) is 5.58. The van der Waals surface area contributed by atoms with Gasteiger partial charge in [-0.25, -0.2) is 0 Å². The molecule has 1 aromatic heterocycles. The van der Waals surface area contributed by atoms with Crippen LogP contribution in [0.15, 0.2) is 35.0 Å². The van der Waals surface area contributed by atoms with Gasteiger partial charge in [-0.3, -0.25) is 9.59 Å². The number of anilines is 1. The van der Waals surface area contributed by atoms with Gasteiger partial charge in [0, 0.05) is 31.3 Å². The van der Waals surface area contributed by atoms with E-state index in [0.29, 0.717) is 18.4 Å². The molecule has 0 saturated heterocycles. The summed E-state index contributed by atoms with van der Waals surface area (Å²) in [5.41, 5.74) is 3.21. The number of thiophene rings is 1. The molecule has 6 heteroatoms. The van der Waals surface area contributed by atoms with Crippen molar-refractivity contribution < 1.29 is 14.7 Å². The summed E-state index contributed by atoms with van der Waals surface area (Å²) in [6.07, 6.45) is 0.411. The first-order chi connectivity index (χ1) is 11.1. The van der Waals surface area contributed by atoms with Gasteiger partial charge in [0.05, 0.1) is 6.10 Å². The second kappa shape index (κ2) is 6.52. The van der Waals surface area contributed by atoms with E-state index in [4.69, 9.17) is 0 Å². The van der Waals surface area contributed by atoms with E-state index in [1.54, 1.807) is 24.1 Å². The highest BCUT2D eigenvalue weighted by atomic mass is 32.1. The van der Waals surface area contributed by atoms with Gasteiger partial charge < -0.3 is 15.3 Å². The molecular weight excluding hydrogens is 312 g/mol. The van der Waals surface area contributed by atoms with Gasteiger partial charge >= 0.3 is 0 Å². The Balaban J connectivity index is 1.67. The zero-order chi connectivity index (χ0) is 16.4. The molecule has 0 fully saturated rings. The van der Waals surface area contributed by atoms with E-state index in [-0.39, 0.29) is 18.4 Å². The van der Waals surface area contributed by atoms with Crippen LogP contribution in [-0.4, -0.2) is 30.5 Å². The molecule has 2 N–H and O–H groups in total. The second-order valence-corrected chi connectivity index (χ2v) is 6.36. The third-order valence-electron chi connectivity index (χ3n) is 4.07. The van der Waals surface area contributed by atoms with Gasteiger partial charge in [0.2, 0.25) is 5.91 Å². The first-order valence-corrected chi connectivity index (χ1v) is 8.38. The fourth-order valence-corrected chi connectivity index (χ4v) is 3.38. The molecule has 0 saturated carbocycles. The number of carbonyl (C=O) groups is 2. The Hall–Kier alpha value is -2.18. The minimum atomic E-state index is -0.702. The number of hydrogen-bond donors (Lipinski definition) is 2. The van der Waals surface area contributed by atoms with Crippen LogP contribution in [0.5, 0.6) is 0 Å². The molecule has 0 bridgehead atoms. The van der Waals surface area contributed by atoms with Crippen molar-refractivity contribution in [2.45, 2.75) is 18.9 Å². The van der Waals surface area contributed by atoms with Crippen molar-refractivity contribution in [3.05, 3.63) is 51.7 Å². The molecule has 1 atom stereocenters. The number of aliphatic hydroxyl groups is 1. The van der Waals surface area contributed by atoms with Gasteiger partial charge in [-0.2, -0.15) is 11.3 Å². The van der Waals surface area contributed by atoms with Gasteiger partial charge in [-0.05, 0) is 52.6 Å². The third kappa shape index (κ3) is 3.28. The molecule has 0 spiro atoms. The highest BCUT2D eigenvalue weighted by molar-refractivity contribution is 7.07. The van der Waals surface area contributed by atoms with E-state index < -0.39 is 6.10 Å². The molecule has 0 aliphatic carbocycles. The molecule has 1 unspecified atom stereocenters. The highest BCUT2D eigenvalue weighted by Gasteiger charge is 2.22. The fourth-order valence-electron chi connectivity index (χ4n) is 2.67. The van der Waals surface area contributed by atoms with Gasteiger partial charge in [0.1, 0.15) is 0 Å². The normalized spacial score (nSPS) is 15.2. The molecule has 3 rings (SSSR count). The number of rotatable bonds is 4. The number of nitrogens with zero attached hydrogens (tertiary/aromatic N) is 1. The Kier molecular flexibility index (Phi) is 4.45. The molecule has 120 valence electrons. The largest absolute Gasteiger partial charge is 0.387 e. The zero-order valence-corrected chi connectivity index (χ0v) is 13.6. The summed E-state index contributed by atoms with van der Waals surface area (Å²) < 4.78 is 0. The SMILES string of the molecule is CN1C(=O)CCc2cc(C(=O)NCC(O)c3ccsc3)ccc21. The van der Waals surface area contributed by atoms with E-state index in [0.717, 1.165) is 16.8 Å². The molecule has 5 nitrogen and oxygen atoms in total. The van der Waals surface area contributed by atoms with E-state index in [9.17, 15) is 14.7 Å². The van der Waals surface area contributed by atoms with Crippen molar-refractivity contribution in [3.63, 3.8) is 0 Å². The number of aliphatic hydroxyl groups excluding tert-OH is 1. The summed E-state index contributed by atoms with van der Waals surface area (Å²) in [7, 11) is 1.75. The minimum Gasteiger partial charge on any atom is -0.387 e. The van der Waals surface area contributed by atoms with Crippen molar-refractivity contribution in [1.29, 1.82) is 0 Å². The van der Waals surface area contributed by atoms with Gasteiger partial charge in [-0.1, -0.05) is 0 Å². The molecule has 0 radical (unpaired) electrons. The Bertz CT molecular complexity index is 727. The molecule has 2 aromatic rings. The van der Waals surface area contributed by atoms with Gasteiger partial charge in [-0.15, -0.1) is 0 Å². The quantitative estimate of drug-likeness (QED) is 0.902. The maximum absolute atomic E-state index is 12.3. The average molecular weight is 330 g/mol. The molecule has 1 aromatic carbocycles. The zero-order valence-electron chi connectivity index (χ0n) is 12.8. The summed E-state index contributed by atoms with van der Waals surface area (Å²) >= 11 is 1.51. The predicted octanol–water partition coefficient (Wildman–Crippen LogP) is 2.12. The van der Waals surface area contributed by atoms with Crippen LogP contribution in [0.25, 0.3) is 0 Å². The maximum Gasteiger partial charge on any atom is 0.251 e. The van der Waals surface area contributed by atoms with E-state index in [2.05, 4.69) is 5.32 Å². The topological polar surface area (TPSA) is 69.6 Å². The Morgan fingerprint density at radius 2 is 2.22 bits per heavy atom. The van der Waals surface area contributed by atoms with Crippen molar-refractivity contribution in [3.8, 4) is 0 Å². The Labute approximate surface area is 138 Å². The molecule has 1 aliphatic rings. The van der Waals surface area contributed by atoms with E-state index in [1.807, 2.05) is 22.9 Å². The lowest BCUT2D eigenvalue weighted by Gasteiger charge is -2.26. The number of fused-ring (bicyclic) bond motifs is 1. The van der Waals surface area contributed by atoms with E-state index in [1.165, 1.54) is 11.3 Å². The molecule has 1 aliphatic heterocycles. The first kappa shape index (κ1) is 15.7. The summed E-state index contributed by atoms with van der Waals surface area (Å²) in [6.45, 7) is 0.172. The van der Waals surface area contributed by atoms with Gasteiger partial charge in [0.15, 0.2) is 0 Å². The van der Waals surface area contributed by atoms with Crippen LogP contribution >= 0.6 is 11.3 Å². The number of hydrogen-bond acceptors (Lipinski definition) is 4. The van der Waals surface area contributed by atoms with Crippen molar-refractivity contribution in [2.75, 3.05) is 18.5 Å². The summed E-state index contributed by atoms with van der Waals surface area (Å²) in [4.78, 5) is 25.6. The highest BCUT2D eigenvalue weighted by Crippen LogP contribution is 2.27. The van der Waals surface area contributed by atoms with Crippen molar-refractivity contribution in [2.24, 2.45) is 0 Å². The molecule has 2 amide bonds. The molecular formula is C17H18N2O3S. The number of benzene rings is 1. The summed E-state index contributed by atoms with van der Waals surface area (Å²) in [5.74, 6) is -0.129. The fraction of sp³-hybridized carbons (Fsp3) is 0.294. The van der Waals surface area contributed by atoms with E-state index >= 15 is 0 Å². The average Bonchev–Trinajstić information content (AvgIpc) is 3.10. The summed E-state index contributed by atoms with van der Waals surface area (Å²) in [5, 5.41) is 16.5. The van der Waals surface area contributed by atoms with Crippen LogP contribution in [0.2, 0.25) is 0 Å². The van der Waals surface area contributed by atoms with Gasteiger partial charge in [0.25, 0.3) is 5.91 Å². The van der Waals surface area contributed by atoms with Crippen LogP contribution in [-0.2, 0) is 11.2 Å². The number of aryl methyl sites for hydroxylation is 1. The van der Waals surface area contributed by atoms with Crippen LogP contribution in [0.4, 0.5) is 5.69 Å². The smallest absolute Gasteiger partial charge is 0.251 e. The molecule has 23 heavy (non-hydrogen) atoms. The van der Waals surface area contributed by atoms with Crippen LogP contribution in [0.3, 0.4) is 0 Å². The summed E-state index contributed by atoms with van der Waals surface area (Å²) in [6, 6.07) is 7.18. The Morgan fingerprint density at radius 1 is 1.39 bits per heavy atom. The standard InChI is InChI=1S/C17H18N2O3S/c1-19-14-4-2-12(8-11(14)3-5-16(19)21)17(22)18-9-15(20)13-6-7-23-10-13/h2,4,6-8,10,15,20H,3,5,9H2,1H3,(H,18,22). The lowest BCUT2D eigenvalue weighted by molar-refractivity contribution is -0.118. The predicted molar refractivity (Wildman–Crippen MR) is 89.8 cm³/mol. The number of carbonyl (C=O) groups excluding carboxylic acids is 2. The number of nitrogens with one attached hydrogen (secondary N) is 1. The first-order valence-electron chi connectivity index (χ1n) is 7.44. The monoisotopic (exact) mass is 330 g/mol. The lowest BCUT2D eigenvalue weighted by atomic mass is 9.99. The lowest BCUT2D eigenvalue weighted by Crippen LogP contribution is -2.32. The number of amides is 2. The Morgan fingerprint density at radius 3 is 2.96 bits per heavy atom. The van der Waals surface area contributed by atoms with Crippen LogP contribution in [0, 0.1) is 0 Å². The maximum atomic E-state index is 12.3. The molecule has 2 heterocycles. The van der Waals surface area contributed by atoms with Crippen molar-refractivity contribution in [1.82, 2.24) is 5.32 Å². The third-order valence-corrected chi connectivity index (χ3v) is 4.77. The van der Waals surface area contributed by atoms with Crippen LogP contribution < -0.4 is 10.2 Å². The van der Waals surface area contributed by atoms with Crippen LogP contribution in [0.1, 0.15) is 34.0 Å².